The van der Waals surface area contributed by atoms with E-state index in [1.807, 2.05) is 5.57 Å². The molecule has 4 fully saturated rings. The van der Waals surface area contributed by atoms with Crippen molar-refractivity contribution in [1.82, 2.24) is 0 Å². The molecular formula is C46H80O2. The van der Waals surface area contributed by atoms with Crippen molar-refractivity contribution in [1.29, 1.82) is 0 Å². The number of ether oxygens (including phenoxy) is 1. The van der Waals surface area contributed by atoms with Crippen LogP contribution in [0.15, 0.2) is 11.6 Å². The van der Waals surface area contributed by atoms with Crippen LogP contribution in [-0.4, -0.2) is 12.1 Å². The van der Waals surface area contributed by atoms with Gasteiger partial charge in [-0.2, -0.15) is 0 Å². The first-order valence-corrected chi connectivity index (χ1v) is 21.6. The summed E-state index contributed by atoms with van der Waals surface area (Å²) in [5.74, 6) is 2.23. The molecule has 48 heavy (non-hydrogen) atoms. The van der Waals surface area contributed by atoms with Crippen molar-refractivity contribution in [2.75, 3.05) is 0 Å². The SMILES string of the molecule is CCCCCCCCCCCCCCCC(=O)OC1CCC2(C)C(CCC3(C)C2CCC2C4=CC(C)(C)CCC4(C)CCC23C)C1(C)C. The molecule has 0 bridgehead atoms. The molecule has 5 aliphatic carbocycles. The maximum Gasteiger partial charge on any atom is 0.306 e. The molecule has 0 N–H and O–H groups in total. The van der Waals surface area contributed by atoms with Crippen LogP contribution < -0.4 is 0 Å². The Morgan fingerprint density at radius 2 is 1.21 bits per heavy atom. The predicted octanol–water partition coefficient (Wildman–Crippen LogP) is 14.2. The van der Waals surface area contributed by atoms with Gasteiger partial charge < -0.3 is 4.74 Å². The monoisotopic (exact) mass is 665 g/mol. The number of hydrogen-bond donors (Lipinski definition) is 0. The fraction of sp³-hybridized carbons (Fsp3) is 0.935. The van der Waals surface area contributed by atoms with Crippen LogP contribution in [0.25, 0.3) is 0 Å². The number of carbonyl (C=O) groups excluding carboxylic acids is 1. The van der Waals surface area contributed by atoms with Crippen molar-refractivity contribution in [3.8, 4) is 0 Å². The summed E-state index contributed by atoms with van der Waals surface area (Å²) in [4.78, 5) is 13.2. The maximum absolute atomic E-state index is 13.2. The highest BCUT2D eigenvalue weighted by Crippen LogP contribution is 2.76. The lowest BCUT2D eigenvalue weighted by Crippen LogP contribution is -2.66. The van der Waals surface area contributed by atoms with E-state index in [0.717, 1.165) is 24.7 Å². The van der Waals surface area contributed by atoms with Gasteiger partial charge in [0.1, 0.15) is 6.10 Å². The molecular weight excluding hydrogens is 585 g/mol. The number of unbranched alkanes of at least 4 members (excludes halogenated alkanes) is 12. The maximum atomic E-state index is 13.2. The third-order valence-corrected chi connectivity index (χ3v) is 16.7. The number of allylic oxidation sites excluding steroid dienone is 2. The molecule has 0 amide bonds. The predicted molar refractivity (Wildman–Crippen MR) is 205 cm³/mol. The van der Waals surface area contributed by atoms with E-state index in [0.29, 0.717) is 39.4 Å². The van der Waals surface area contributed by atoms with Crippen molar-refractivity contribution >= 4 is 5.97 Å². The Balaban J connectivity index is 1.11. The van der Waals surface area contributed by atoms with E-state index in [1.54, 1.807) is 0 Å². The molecule has 2 heteroatoms. The summed E-state index contributed by atoms with van der Waals surface area (Å²) in [5, 5.41) is 0. The molecule has 0 spiro atoms. The zero-order chi connectivity index (χ0) is 34.8. The summed E-state index contributed by atoms with van der Waals surface area (Å²) >= 11 is 0. The molecule has 0 aromatic carbocycles. The van der Waals surface area contributed by atoms with Gasteiger partial charge in [0.2, 0.25) is 0 Å². The molecule has 0 saturated heterocycles. The van der Waals surface area contributed by atoms with Gasteiger partial charge in [-0.15, -0.1) is 0 Å². The van der Waals surface area contributed by atoms with Gasteiger partial charge in [-0.3, -0.25) is 4.79 Å². The Kier molecular flexibility index (Phi) is 12.1. The van der Waals surface area contributed by atoms with Gasteiger partial charge in [0.15, 0.2) is 0 Å². The van der Waals surface area contributed by atoms with Crippen molar-refractivity contribution in [3.05, 3.63) is 11.6 Å². The van der Waals surface area contributed by atoms with Crippen LogP contribution in [0.5, 0.6) is 0 Å². The lowest BCUT2D eigenvalue weighted by molar-refractivity contribution is -0.233. The first-order valence-electron chi connectivity index (χ1n) is 21.6. The normalized spacial score (nSPS) is 39.7. The largest absolute Gasteiger partial charge is 0.462 e. The third-order valence-electron chi connectivity index (χ3n) is 16.7. The van der Waals surface area contributed by atoms with Crippen molar-refractivity contribution < 1.29 is 9.53 Å². The van der Waals surface area contributed by atoms with E-state index in [1.165, 1.54) is 135 Å². The average Bonchev–Trinajstić information content (AvgIpc) is 3.02. The second kappa shape index (κ2) is 15.1. The van der Waals surface area contributed by atoms with Gasteiger partial charge in [0, 0.05) is 11.8 Å². The van der Waals surface area contributed by atoms with Crippen LogP contribution in [-0.2, 0) is 9.53 Å². The Morgan fingerprint density at radius 3 is 1.83 bits per heavy atom. The lowest BCUT2D eigenvalue weighted by Gasteiger charge is -2.72. The first-order chi connectivity index (χ1) is 22.6. The van der Waals surface area contributed by atoms with E-state index in [-0.39, 0.29) is 17.5 Å². The molecule has 0 aromatic heterocycles. The minimum Gasteiger partial charge on any atom is -0.462 e. The molecule has 4 saturated carbocycles. The highest BCUT2D eigenvalue weighted by atomic mass is 16.5. The summed E-state index contributed by atoms with van der Waals surface area (Å²) < 4.78 is 6.42. The average molecular weight is 665 g/mol. The molecule has 276 valence electrons. The zero-order valence-electron chi connectivity index (χ0n) is 33.7. The fourth-order valence-corrected chi connectivity index (χ4v) is 13.3. The van der Waals surface area contributed by atoms with E-state index < -0.39 is 0 Å². The Hall–Kier alpha value is -0.790. The zero-order valence-corrected chi connectivity index (χ0v) is 33.7. The van der Waals surface area contributed by atoms with Crippen LogP contribution in [0, 0.1) is 50.2 Å². The highest BCUT2D eigenvalue weighted by molar-refractivity contribution is 5.69. The number of carbonyl (C=O) groups is 1. The van der Waals surface area contributed by atoms with E-state index in [2.05, 4.69) is 68.4 Å². The molecule has 5 aliphatic rings. The minimum atomic E-state index is 0.0405. The van der Waals surface area contributed by atoms with E-state index in [4.69, 9.17) is 4.74 Å². The smallest absolute Gasteiger partial charge is 0.306 e. The van der Waals surface area contributed by atoms with Gasteiger partial charge >= 0.3 is 5.97 Å². The summed E-state index contributed by atoms with van der Waals surface area (Å²) in [6.07, 6.45) is 34.1. The van der Waals surface area contributed by atoms with E-state index in [9.17, 15) is 4.79 Å². The number of esters is 1. The molecule has 5 rings (SSSR count). The minimum absolute atomic E-state index is 0.0405. The van der Waals surface area contributed by atoms with Crippen LogP contribution >= 0.6 is 0 Å². The van der Waals surface area contributed by atoms with Gasteiger partial charge in [0.25, 0.3) is 0 Å². The van der Waals surface area contributed by atoms with Gasteiger partial charge in [-0.1, -0.05) is 151 Å². The van der Waals surface area contributed by atoms with Crippen LogP contribution in [0.3, 0.4) is 0 Å². The molecule has 2 nitrogen and oxygen atoms in total. The lowest BCUT2D eigenvalue weighted by atomic mass is 9.32. The summed E-state index contributed by atoms with van der Waals surface area (Å²) in [6, 6.07) is 0. The number of rotatable bonds is 15. The molecule has 8 atom stereocenters. The highest BCUT2D eigenvalue weighted by Gasteiger charge is 2.69. The quantitative estimate of drug-likeness (QED) is 0.0989. The van der Waals surface area contributed by atoms with Crippen molar-refractivity contribution in [2.24, 2.45) is 50.2 Å². The molecule has 0 radical (unpaired) electrons. The Bertz CT molecular complexity index is 1120. The molecule has 0 aliphatic heterocycles. The van der Waals surface area contributed by atoms with Crippen LogP contribution in [0.4, 0.5) is 0 Å². The molecule has 0 aromatic rings. The summed E-state index contributed by atoms with van der Waals surface area (Å²) in [7, 11) is 0. The first kappa shape index (κ1) is 38.4. The number of fused-ring (bicyclic) bond motifs is 7. The number of hydrogen-bond acceptors (Lipinski definition) is 2. The summed E-state index contributed by atoms with van der Waals surface area (Å²) in [5.41, 5.74) is 3.80. The van der Waals surface area contributed by atoms with Gasteiger partial charge in [-0.25, -0.2) is 0 Å². The second-order valence-corrected chi connectivity index (χ2v) is 20.6. The Morgan fingerprint density at radius 1 is 0.625 bits per heavy atom. The van der Waals surface area contributed by atoms with Crippen LogP contribution in [0.1, 0.15) is 216 Å². The Labute approximate surface area is 299 Å². The van der Waals surface area contributed by atoms with Gasteiger partial charge in [0.05, 0.1) is 0 Å². The van der Waals surface area contributed by atoms with Crippen molar-refractivity contribution in [2.45, 2.75) is 223 Å². The third kappa shape index (κ3) is 7.41. The standard InChI is InChI=1S/C46H80O2/c1-10-11-12-13-14-15-16-17-18-19-20-21-22-23-40(47)48-39-27-28-44(7)37(42(39,4)5)26-29-46(9)38(44)25-24-35-36-34-41(2,3)30-31-43(36,6)32-33-45(35,46)8/h34-35,37-39H,10-33H2,1-9H3. The fourth-order valence-electron chi connectivity index (χ4n) is 13.3. The van der Waals surface area contributed by atoms with Crippen molar-refractivity contribution in [3.63, 3.8) is 0 Å². The van der Waals surface area contributed by atoms with Gasteiger partial charge in [-0.05, 0) is 115 Å². The molecule has 8 unspecified atom stereocenters. The topological polar surface area (TPSA) is 26.3 Å². The van der Waals surface area contributed by atoms with E-state index >= 15 is 0 Å². The second-order valence-electron chi connectivity index (χ2n) is 20.6. The van der Waals surface area contributed by atoms with Crippen LogP contribution in [0.2, 0.25) is 0 Å². The summed E-state index contributed by atoms with van der Waals surface area (Å²) in [6.45, 7) is 23.0. The molecule has 0 heterocycles.